The summed E-state index contributed by atoms with van der Waals surface area (Å²) in [4.78, 5) is 19.2. The molecule has 0 aliphatic rings. The molecule has 0 saturated carbocycles. The van der Waals surface area contributed by atoms with Gasteiger partial charge in [-0.3, -0.25) is 9.97 Å². The Morgan fingerprint density at radius 3 is 2.31 bits per heavy atom. The lowest BCUT2D eigenvalue weighted by Crippen LogP contribution is -2.21. The average molecular weight is 381 g/mol. The molecule has 3 rings (SSSR count). The molecule has 0 radical (unpaired) electrons. The molecule has 3 aromatic rings. The number of fused-ring (bicyclic) bond motifs is 1. The van der Waals surface area contributed by atoms with Crippen molar-refractivity contribution < 1.29 is 35.2 Å². The molecule has 5 nitrogen and oxygen atoms in total. The van der Waals surface area contributed by atoms with E-state index < -0.39 is 63.2 Å². The summed E-state index contributed by atoms with van der Waals surface area (Å²) in [5.41, 5.74) is -6.78. The van der Waals surface area contributed by atoms with Crippen molar-refractivity contribution in [1.29, 1.82) is 0 Å². The Morgan fingerprint density at radius 1 is 1.08 bits per heavy atom. The molecule has 12 heteroatoms. The Bertz CT molecular complexity index is 1060. The van der Waals surface area contributed by atoms with Gasteiger partial charge in [-0.15, -0.1) is 0 Å². The SMILES string of the molecule is CC(F)(F)c1ncc(-c2c(F)cc(F)c3[nH]c(=O)oc23)nc1C(F)(F)F. The van der Waals surface area contributed by atoms with Crippen LogP contribution in [-0.2, 0) is 12.1 Å². The summed E-state index contributed by atoms with van der Waals surface area (Å²) in [6, 6.07) is 0.278. The number of H-pyrrole nitrogens is 1. The van der Waals surface area contributed by atoms with Crippen LogP contribution in [0.15, 0.2) is 21.5 Å². The number of rotatable bonds is 2. The van der Waals surface area contributed by atoms with Crippen LogP contribution in [-0.4, -0.2) is 15.0 Å². The van der Waals surface area contributed by atoms with Gasteiger partial charge in [0.25, 0.3) is 5.92 Å². The third kappa shape index (κ3) is 2.91. The second-order valence-electron chi connectivity index (χ2n) is 5.27. The summed E-state index contributed by atoms with van der Waals surface area (Å²) in [6.45, 7) is 0.188. The van der Waals surface area contributed by atoms with Crippen molar-refractivity contribution >= 4 is 11.1 Å². The molecule has 2 heterocycles. The van der Waals surface area contributed by atoms with Gasteiger partial charge in [0.15, 0.2) is 17.1 Å². The Morgan fingerprint density at radius 2 is 1.73 bits per heavy atom. The number of halogens is 7. The van der Waals surface area contributed by atoms with Gasteiger partial charge in [-0.05, 0) is 0 Å². The molecule has 2 aromatic heterocycles. The largest absolute Gasteiger partial charge is 0.435 e. The number of oxazole rings is 1. The number of benzene rings is 1. The Kier molecular flexibility index (Phi) is 3.81. The minimum atomic E-state index is -5.33. The number of hydrogen-bond acceptors (Lipinski definition) is 4. The maximum Gasteiger partial charge on any atom is 0.435 e. The molecule has 0 aliphatic carbocycles. The summed E-state index contributed by atoms with van der Waals surface area (Å²) in [7, 11) is 0. The third-order valence-corrected chi connectivity index (χ3v) is 3.32. The lowest BCUT2D eigenvalue weighted by Gasteiger charge is -2.16. The van der Waals surface area contributed by atoms with E-state index in [4.69, 9.17) is 0 Å². The predicted octanol–water partition coefficient (Wildman–Crippen LogP) is 3.99. The number of hydrogen-bond donors (Lipinski definition) is 1. The second-order valence-corrected chi connectivity index (χ2v) is 5.27. The normalized spacial score (nSPS) is 12.8. The molecule has 0 spiro atoms. The van der Waals surface area contributed by atoms with Crippen molar-refractivity contribution in [3.05, 3.63) is 45.8 Å². The minimum Gasteiger partial charge on any atom is -0.407 e. The molecule has 138 valence electrons. The fraction of sp³-hybridized carbons (Fsp3) is 0.214. The monoisotopic (exact) mass is 381 g/mol. The highest BCUT2D eigenvalue weighted by molar-refractivity contribution is 5.89. The third-order valence-electron chi connectivity index (χ3n) is 3.32. The lowest BCUT2D eigenvalue weighted by molar-refractivity contribution is -0.145. The molecule has 0 unspecified atom stereocenters. The van der Waals surface area contributed by atoms with Crippen LogP contribution in [0, 0.1) is 11.6 Å². The summed E-state index contributed by atoms with van der Waals surface area (Å²) in [5.74, 6) is -7.84. The highest BCUT2D eigenvalue weighted by Gasteiger charge is 2.43. The van der Waals surface area contributed by atoms with E-state index in [1.54, 1.807) is 0 Å². The van der Waals surface area contributed by atoms with Crippen molar-refractivity contribution in [3.63, 3.8) is 0 Å². The molecule has 26 heavy (non-hydrogen) atoms. The lowest BCUT2D eigenvalue weighted by atomic mass is 10.1. The highest BCUT2D eigenvalue weighted by Crippen LogP contribution is 2.39. The zero-order valence-corrected chi connectivity index (χ0v) is 12.5. The summed E-state index contributed by atoms with van der Waals surface area (Å²) in [5, 5.41) is 0. The van der Waals surface area contributed by atoms with Gasteiger partial charge in [0.1, 0.15) is 17.0 Å². The van der Waals surface area contributed by atoms with E-state index in [0.717, 1.165) is 0 Å². The molecule has 1 N–H and O–H groups in total. The predicted molar refractivity (Wildman–Crippen MR) is 72.3 cm³/mol. The first-order valence-corrected chi connectivity index (χ1v) is 6.73. The number of alkyl halides is 5. The van der Waals surface area contributed by atoms with Crippen molar-refractivity contribution in [2.75, 3.05) is 0 Å². The van der Waals surface area contributed by atoms with Crippen LogP contribution in [0.3, 0.4) is 0 Å². The maximum atomic E-state index is 14.1. The van der Waals surface area contributed by atoms with E-state index in [2.05, 4.69) is 14.4 Å². The number of aromatic nitrogens is 3. The summed E-state index contributed by atoms with van der Waals surface area (Å²) in [6.07, 6.45) is -4.88. The van der Waals surface area contributed by atoms with Crippen molar-refractivity contribution in [2.45, 2.75) is 19.0 Å². The molecule has 0 bridgehead atoms. The van der Waals surface area contributed by atoms with Crippen molar-refractivity contribution in [3.8, 4) is 11.3 Å². The first kappa shape index (κ1) is 17.9. The number of aromatic amines is 1. The quantitative estimate of drug-likeness (QED) is 0.682. The van der Waals surface area contributed by atoms with Crippen LogP contribution in [0.2, 0.25) is 0 Å². The molecule has 0 fully saturated rings. The first-order valence-electron chi connectivity index (χ1n) is 6.73. The molecule has 0 atom stereocenters. The van der Waals surface area contributed by atoms with Gasteiger partial charge in [-0.2, -0.15) is 22.0 Å². The Balaban J connectivity index is 2.36. The number of nitrogens with one attached hydrogen (secondary N) is 1. The topological polar surface area (TPSA) is 71.8 Å². The van der Waals surface area contributed by atoms with Crippen LogP contribution >= 0.6 is 0 Å². The fourth-order valence-corrected chi connectivity index (χ4v) is 2.30. The summed E-state index contributed by atoms with van der Waals surface area (Å²) < 4.78 is 98.4. The van der Waals surface area contributed by atoms with Gasteiger partial charge < -0.3 is 4.42 Å². The van der Waals surface area contributed by atoms with Crippen LogP contribution in [0.5, 0.6) is 0 Å². The molecular weight excluding hydrogens is 375 g/mol. The van der Waals surface area contributed by atoms with Crippen LogP contribution in [0.25, 0.3) is 22.4 Å². The van der Waals surface area contributed by atoms with Crippen molar-refractivity contribution in [1.82, 2.24) is 15.0 Å². The van der Waals surface area contributed by atoms with Gasteiger partial charge in [0.05, 0.1) is 17.5 Å². The Labute approximate surface area is 138 Å². The van der Waals surface area contributed by atoms with Gasteiger partial charge in [0.2, 0.25) is 0 Å². The van der Waals surface area contributed by atoms with Gasteiger partial charge in [-0.25, -0.2) is 18.6 Å². The second kappa shape index (κ2) is 5.54. The van der Waals surface area contributed by atoms with Gasteiger partial charge >= 0.3 is 11.9 Å². The molecule has 0 saturated heterocycles. The van der Waals surface area contributed by atoms with E-state index in [-0.39, 0.29) is 13.0 Å². The van der Waals surface area contributed by atoms with Gasteiger partial charge in [-0.1, -0.05) is 0 Å². The fourth-order valence-electron chi connectivity index (χ4n) is 2.30. The highest BCUT2D eigenvalue weighted by atomic mass is 19.4. The zero-order valence-electron chi connectivity index (χ0n) is 12.5. The standard InChI is InChI=1S/C14H6F7N3O2/c1-13(17,18)10-11(14(19,20)21)23-6(3-22-10)7-4(15)2-5(16)8-9(7)26-12(25)24-8/h2-3H,1H3,(H,24,25). The van der Waals surface area contributed by atoms with Crippen LogP contribution < -0.4 is 5.76 Å². The maximum absolute atomic E-state index is 14.1. The van der Waals surface area contributed by atoms with Crippen molar-refractivity contribution in [2.24, 2.45) is 0 Å². The first-order chi connectivity index (χ1) is 11.9. The van der Waals surface area contributed by atoms with Gasteiger partial charge in [0, 0.05) is 13.0 Å². The average Bonchev–Trinajstić information content (AvgIpc) is 2.87. The van der Waals surface area contributed by atoms with E-state index in [0.29, 0.717) is 6.20 Å². The Hall–Kier alpha value is -2.92. The van der Waals surface area contributed by atoms with Crippen LogP contribution in [0.4, 0.5) is 30.7 Å². The van der Waals surface area contributed by atoms with E-state index >= 15 is 0 Å². The summed E-state index contributed by atoms with van der Waals surface area (Å²) >= 11 is 0. The van der Waals surface area contributed by atoms with E-state index in [1.807, 2.05) is 4.98 Å². The minimum absolute atomic E-state index is 0.188. The molecule has 0 amide bonds. The van der Waals surface area contributed by atoms with E-state index in [1.165, 1.54) is 0 Å². The molecular formula is C14H6F7N3O2. The van der Waals surface area contributed by atoms with Crippen LogP contribution in [0.1, 0.15) is 18.3 Å². The smallest absolute Gasteiger partial charge is 0.407 e. The number of nitrogens with zero attached hydrogens (tertiary/aromatic N) is 2. The molecule has 1 aromatic carbocycles. The molecule has 0 aliphatic heterocycles. The van der Waals surface area contributed by atoms with E-state index in [9.17, 15) is 35.5 Å². The zero-order chi connectivity index (χ0) is 19.4.